The van der Waals surface area contributed by atoms with Crippen LogP contribution in [0.5, 0.6) is 11.5 Å². The smallest absolute Gasteiger partial charge is 0.352 e. The summed E-state index contributed by atoms with van der Waals surface area (Å²) in [6.45, 7) is 10.4. The highest BCUT2D eigenvalue weighted by molar-refractivity contribution is 6.35. The highest BCUT2D eigenvalue weighted by atomic mass is 35.5. The van der Waals surface area contributed by atoms with Crippen molar-refractivity contribution in [1.29, 1.82) is 0 Å². The van der Waals surface area contributed by atoms with Gasteiger partial charge in [-0.05, 0) is 100 Å². The minimum atomic E-state index is -1.31. The maximum Gasteiger partial charge on any atom is 0.352 e. The molecule has 17 heteroatoms. The monoisotopic (exact) mass is 945 g/mol. The summed E-state index contributed by atoms with van der Waals surface area (Å²) in [4.78, 5) is 70.9. The van der Waals surface area contributed by atoms with E-state index in [2.05, 4.69) is 15.3 Å². The van der Waals surface area contributed by atoms with Gasteiger partial charge < -0.3 is 28.9 Å². The van der Waals surface area contributed by atoms with E-state index >= 15 is 0 Å². The first-order valence-electron chi connectivity index (χ1n) is 22.9. The van der Waals surface area contributed by atoms with Gasteiger partial charge in [0.05, 0.1) is 29.4 Å². The Morgan fingerprint density at radius 1 is 0.941 bits per heavy atom. The first-order valence-corrected chi connectivity index (χ1v) is 23.3. The molecule has 15 nitrogen and oxygen atoms in total. The molecule has 1 unspecified atom stereocenters. The van der Waals surface area contributed by atoms with E-state index in [1.807, 2.05) is 55.8 Å². The average molecular weight is 946 g/mol. The highest BCUT2D eigenvalue weighted by Gasteiger charge is 2.42. The van der Waals surface area contributed by atoms with E-state index < -0.39 is 23.5 Å². The van der Waals surface area contributed by atoms with Crippen molar-refractivity contribution in [2.75, 3.05) is 39.3 Å². The van der Waals surface area contributed by atoms with Gasteiger partial charge in [0, 0.05) is 91.5 Å². The molecule has 0 aliphatic carbocycles. The van der Waals surface area contributed by atoms with E-state index in [-0.39, 0.29) is 48.6 Å². The number of nitrogens with one attached hydrogen (secondary N) is 1. The predicted molar refractivity (Wildman–Crippen MR) is 254 cm³/mol. The van der Waals surface area contributed by atoms with Crippen LogP contribution in [0.2, 0.25) is 5.02 Å². The molecule has 3 aliphatic rings. The van der Waals surface area contributed by atoms with Crippen LogP contribution in [-0.4, -0.2) is 115 Å². The standard InChI is InChI=1S/C51H53ClFN7O8/c1-29-43(30(2)56(5)55-29)44-38(52)17-16-35-34(11-8-26-67-40-12-6-9-31-27-32(53)14-15-33(31)40)46(49(64)65)59(45(35)44)25-22-57-20-23-58(24-21-57)50(66)51(3,4)68-41-13-7-10-36-37(41)28-60(48(36)63)39-18-19-42(61)54-47(39)62/h6-7,9-10,12-17,27,39H,8,11,18-26,28H2,1-5H3,(H,64,65)(H,54,61,62). The number of imide groups is 1. The Balaban J connectivity index is 0.917. The third-order valence-corrected chi connectivity index (χ3v) is 13.9. The number of carbonyl (C=O) groups is 5. The van der Waals surface area contributed by atoms with Gasteiger partial charge in [0.1, 0.15) is 29.1 Å². The number of carbonyl (C=O) groups excluding carboxylic acids is 4. The van der Waals surface area contributed by atoms with Gasteiger partial charge in [-0.15, -0.1) is 0 Å². The first kappa shape index (κ1) is 46.3. The number of amides is 4. The van der Waals surface area contributed by atoms with Gasteiger partial charge in [0.25, 0.3) is 11.8 Å². The number of aryl methyl sites for hydroxylation is 3. The van der Waals surface area contributed by atoms with Crippen molar-refractivity contribution >= 4 is 62.9 Å². The molecule has 0 radical (unpaired) electrons. The summed E-state index contributed by atoms with van der Waals surface area (Å²) in [5.41, 5.74) is 4.43. The van der Waals surface area contributed by atoms with Crippen molar-refractivity contribution in [2.45, 2.75) is 78.1 Å². The minimum absolute atomic E-state index is 0.112. The highest BCUT2D eigenvalue weighted by Crippen LogP contribution is 2.42. The van der Waals surface area contributed by atoms with Crippen LogP contribution in [0.4, 0.5) is 4.39 Å². The average Bonchev–Trinajstić information content (AvgIpc) is 3.90. The first-order chi connectivity index (χ1) is 32.5. The van der Waals surface area contributed by atoms with Crippen molar-refractivity contribution in [2.24, 2.45) is 7.05 Å². The molecule has 354 valence electrons. The van der Waals surface area contributed by atoms with Crippen LogP contribution in [-0.2, 0) is 40.9 Å². The topological polar surface area (TPSA) is 169 Å². The number of nitrogens with zero attached hydrogens (tertiary/aromatic N) is 6. The van der Waals surface area contributed by atoms with Crippen molar-refractivity contribution < 1.29 is 42.9 Å². The Labute approximate surface area is 397 Å². The summed E-state index contributed by atoms with van der Waals surface area (Å²) in [5, 5.41) is 20.8. The molecule has 3 aliphatic heterocycles. The lowest BCUT2D eigenvalue weighted by atomic mass is 9.98. The molecule has 1 atom stereocenters. The summed E-state index contributed by atoms with van der Waals surface area (Å²) < 4.78 is 30.3. The van der Waals surface area contributed by atoms with E-state index in [1.165, 1.54) is 17.0 Å². The van der Waals surface area contributed by atoms with Crippen molar-refractivity contribution in [1.82, 2.24) is 34.4 Å². The molecule has 2 fully saturated rings. The number of aromatic carboxylic acids is 1. The number of rotatable bonds is 14. The van der Waals surface area contributed by atoms with Crippen molar-refractivity contribution in [3.05, 3.63) is 111 Å². The number of ether oxygens (including phenoxy) is 2. The largest absolute Gasteiger partial charge is 0.493 e. The summed E-state index contributed by atoms with van der Waals surface area (Å²) in [5.74, 6) is -1.83. The fraction of sp³-hybridized carbons (Fsp3) is 0.373. The van der Waals surface area contributed by atoms with Crippen LogP contribution in [0.1, 0.15) is 76.5 Å². The summed E-state index contributed by atoms with van der Waals surface area (Å²) in [7, 11) is 1.87. The zero-order valence-corrected chi connectivity index (χ0v) is 39.4. The third-order valence-electron chi connectivity index (χ3n) is 13.6. The number of piperidine rings is 1. The number of fused-ring (bicyclic) bond motifs is 3. The Hall–Kier alpha value is -6.78. The quantitative estimate of drug-likeness (QED) is 0.0851. The summed E-state index contributed by atoms with van der Waals surface area (Å²) in [6, 6.07) is 18.1. The fourth-order valence-corrected chi connectivity index (χ4v) is 10.4. The van der Waals surface area contributed by atoms with Crippen molar-refractivity contribution in [3.8, 4) is 22.6 Å². The lowest BCUT2D eigenvalue weighted by molar-refractivity contribution is -0.147. The normalized spacial score (nSPS) is 16.8. The number of aromatic nitrogens is 3. The SMILES string of the molecule is Cc1nn(C)c(C)c1-c1c(Cl)ccc2c(CCCOc3cccc4cc(F)ccc34)c(C(=O)O)n(CCN3CCN(C(=O)C(C)(C)Oc4cccc5c4CN(C4CCC(=O)NC4=O)C5=O)CC3)c12. The van der Waals surface area contributed by atoms with E-state index in [1.54, 1.807) is 47.7 Å². The second-order valence-corrected chi connectivity index (χ2v) is 18.7. The van der Waals surface area contributed by atoms with Crippen LogP contribution in [0, 0.1) is 19.7 Å². The van der Waals surface area contributed by atoms with Gasteiger partial charge in [0.2, 0.25) is 11.8 Å². The maximum atomic E-state index is 14.2. The molecule has 68 heavy (non-hydrogen) atoms. The molecule has 5 heterocycles. The molecule has 0 saturated carbocycles. The zero-order chi connectivity index (χ0) is 48.2. The molecule has 9 rings (SSSR count). The number of hydrogen-bond donors (Lipinski definition) is 2. The van der Waals surface area contributed by atoms with Gasteiger partial charge in [-0.1, -0.05) is 35.9 Å². The molecule has 2 aromatic heterocycles. The van der Waals surface area contributed by atoms with Gasteiger partial charge in [-0.2, -0.15) is 5.10 Å². The Morgan fingerprint density at radius 2 is 1.68 bits per heavy atom. The van der Waals surface area contributed by atoms with Gasteiger partial charge in [0.15, 0.2) is 5.60 Å². The maximum absolute atomic E-state index is 14.2. The van der Waals surface area contributed by atoms with Gasteiger partial charge >= 0.3 is 5.97 Å². The van der Waals surface area contributed by atoms with E-state index in [0.717, 1.165) is 38.7 Å². The molecule has 6 aromatic rings. The second kappa shape index (κ2) is 18.4. The van der Waals surface area contributed by atoms with Gasteiger partial charge in [-0.3, -0.25) is 34.1 Å². The molecular formula is C51H53ClFN7O8. The summed E-state index contributed by atoms with van der Waals surface area (Å²) in [6.07, 6.45) is 1.27. The number of carboxylic acids is 1. The van der Waals surface area contributed by atoms with Crippen LogP contribution >= 0.6 is 11.6 Å². The lowest BCUT2D eigenvalue weighted by Crippen LogP contribution is -2.56. The van der Waals surface area contributed by atoms with Crippen LogP contribution in [0.25, 0.3) is 32.8 Å². The number of carboxylic acid groups (broad SMARTS) is 1. The number of piperazine rings is 1. The number of hydrogen-bond acceptors (Lipinski definition) is 9. The van der Waals surface area contributed by atoms with Gasteiger partial charge in [-0.25, -0.2) is 9.18 Å². The number of benzene rings is 4. The van der Waals surface area contributed by atoms with E-state index in [4.69, 9.17) is 21.1 Å². The molecule has 0 bridgehead atoms. The Kier molecular flexibility index (Phi) is 12.5. The molecule has 2 saturated heterocycles. The molecule has 2 N–H and O–H groups in total. The van der Waals surface area contributed by atoms with Crippen LogP contribution < -0.4 is 14.8 Å². The van der Waals surface area contributed by atoms with Crippen LogP contribution in [0.3, 0.4) is 0 Å². The van der Waals surface area contributed by atoms with E-state index in [9.17, 15) is 33.5 Å². The predicted octanol–water partition coefficient (Wildman–Crippen LogP) is 7.08. The fourth-order valence-electron chi connectivity index (χ4n) is 10.1. The minimum Gasteiger partial charge on any atom is -0.493 e. The molecule has 4 aromatic carbocycles. The molecule has 4 amide bonds. The van der Waals surface area contributed by atoms with Crippen molar-refractivity contribution in [3.63, 3.8) is 0 Å². The van der Waals surface area contributed by atoms with Crippen LogP contribution in [0.15, 0.2) is 66.7 Å². The second-order valence-electron chi connectivity index (χ2n) is 18.3. The molecular weight excluding hydrogens is 893 g/mol. The number of halogens is 2. The Bertz CT molecular complexity index is 3040. The zero-order valence-electron chi connectivity index (χ0n) is 38.7. The Morgan fingerprint density at radius 3 is 2.40 bits per heavy atom. The lowest BCUT2D eigenvalue weighted by Gasteiger charge is -2.38. The van der Waals surface area contributed by atoms with E-state index in [0.29, 0.717) is 97.4 Å². The third kappa shape index (κ3) is 8.55. The summed E-state index contributed by atoms with van der Waals surface area (Å²) >= 11 is 7.08. The molecule has 0 spiro atoms.